The van der Waals surface area contributed by atoms with E-state index in [1.165, 1.54) is 12.1 Å². The second kappa shape index (κ2) is 5.28. The molecule has 0 saturated carbocycles. The maximum Gasteiger partial charge on any atom is 0.150 e. The molecule has 0 bridgehead atoms. The van der Waals surface area contributed by atoms with Crippen LogP contribution in [0.4, 0.5) is 4.39 Å². The van der Waals surface area contributed by atoms with E-state index in [1.54, 1.807) is 12.1 Å². The predicted molar refractivity (Wildman–Crippen MR) is 72.2 cm³/mol. The van der Waals surface area contributed by atoms with Crippen molar-refractivity contribution in [2.75, 3.05) is 0 Å². The highest BCUT2D eigenvalue weighted by molar-refractivity contribution is 7.56. The van der Waals surface area contributed by atoms with E-state index >= 15 is 0 Å². The number of phenolic OH excluding ortho intramolecular Hbond substituents is 1. The van der Waals surface area contributed by atoms with Gasteiger partial charge in [0.25, 0.3) is 0 Å². The van der Waals surface area contributed by atoms with Gasteiger partial charge in [-0.05, 0) is 36.5 Å². The highest BCUT2D eigenvalue weighted by Gasteiger charge is 2.07. The summed E-state index contributed by atoms with van der Waals surface area (Å²) in [6.07, 6.45) is 0.637. The minimum atomic E-state index is -0.431. The lowest BCUT2D eigenvalue weighted by molar-refractivity contribution is 0.112. The second-order valence-electron chi connectivity index (χ2n) is 4.00. The average molecular weight is 262 g/mol. The van der Waals surface area contributed by atoms with E-state index in [1.807, 2.05) is 19.1 Å². The molecule has 0 amide bonds. The topological polar surface area (TPSA) is 37.3 Å². The molecule has 2 nitrogen and oxygen atoms in total. The zero-order valence-corrected chi connectivity index (χ0v) is 10.8. The average Bonchev–Trinajstić information content (AvgIpc) is 2.36. The summed E-state index contributed by atoms with van der Waals surface area (Å²) in [5.74, 6) is -0.237. The van der Waals surface area contributed by atoms with Gasteiger partial charge in [0, 0.05) is 10.9 Å². The number of aromatic hydroxyl groups is 1. The van der Waals surface area contributed by atoms with E-state index in [0.717, 1.165) is 16.2 Å². The number of carbonyl (C=O) groups excluding carboxylic acids is 1. The first-order valence-corrected chi connectivity index (χ1v) is 6.41. The molecule has 1 unspecified atom stereocenters. The van der Waals surface area contributed by atoms with Gasteiger partial charge in [-0.15, -0.1) is 0 Å². The fourth-order valence-corrected chi connectivity index (χ4v) is 2.88. The van der Waals surface area contributed by atoms with E-state index in [9.17, 15) is 14.3 Å². The summed E-state index contributed by atoms with van der Waals surface area (Å²) < 4.78 is 13.0. The van der Waals surface area contributed by atoms with Gasteiger partial charge in [0.05, 0.1) is 0 Å². The lowest BCUT2D eigenvalue weighted by Crippen LogP contribution is -2.09. The molecule has 0 radical (unpaired) electrons. The number of carbonyl (C=O) groups is 1. The van der Waals surface area contributed by atoms with Crippen LogP contribution in [0.2, 0.25) is 0 Å². The van der Waals surface area contributed by atoms with Crippen molar-refractivity contribution >= 4 is 25.5 Å². The Morgan fingerprint density at radius 2 is 1.94 bits per heavy atom. The van der Waals surface area contributed by atoms with Crippen LogP contribution in [0, 0.1) is 12.7 Å². The first-order valence-electron chi connectivity index (χ1n) is 5.41. The van der Waals surface area contributed by atoms with Crippen molar-refractivity contribution < 1.29 is 14.3 Å². The van der Waals surface area contributed by atoms with Gasteiger partial charge >= 0.3 is 0 Å². The molecule has 0 heterocycles. The summed E-state index contributed by atoms with van der Waals surface area (Å²) in [7, 11) is 0.126. The van der Waals surface area contributed by atoms with Crippen LogP contribution < -0.4 is 10.6 Å². The van der Waals surface area contributed by atoms with Crippen molar-refractivity contribution in [3.63, 3.8) is 0 Å². The maximum atomic E-state index is 13.0. The SMILES string of the molecule is Cc1ccc(O)c(Pc2ccc(F)cc2C=O)c1. The molecule has 0 aliphatic rings. The zero-order valence-electron chi connectivity index (χ0n) is 9.77. The van der Waals surface area contributed by atoms with Crippen LogP contribution in [0.1, 0.15) is 15.9 Å². The summed E-state index contributed by atoms with van der Waals surface area (Å²) in [5.41, 5.74) is 1.36. The molecule has 18 heavy (non-hydrogen) atoms. The third kappa shape index (κ3) is 2.74. The fraction of sp³-hybridized carbons (Fsp3) is 0.0714. The number of hydrogen-bond donors (Lipinski definition) is 1. The Morgan fingerprint density at radius 1 is 1.17 bits per heavy atom. The third-order valence-electron chi connectivity index (χ3n) is 2.56. The minimum absolute atomic E-state index is 0.126. The lowest BCUT2D eigenvalue weighted by atomic mass is 10.2. The number of aldehydes is 1. The largest absolute Gasteiger partial charge is 0.507 e. The summed E-state index contributed by atoms with van der Waals surface area (Å²) in [6.45, 7) is 1.93. The van der Waals surface area contributed by atoms with Gasteiger partial charge in [-0.2, -0.15) is 0 Å². The smallest absolute Gasteiger partial charge is 0.150 e. The molecule has 2 aromatic carbocycles. The van der Waals surface area contributed by atoms with Crippen molar-refractivity contribution in [1.29, 1.82) is 0 Å². The number of rotatable bonds is 3. The molecule has 0 saturated heterocycles. The van der Waals surface area contributed by atoms with Crippen LogP contribution in [-0.2, 0) is 0 Å². The van der Waals surface area contributed by atoms with Gasteiger partial charge in [0.1, 0.15) is 11.6 Å². The van der Waals surface area contributed by atoms with Gasteiger partial charge in [-0.3, -0.25) is 4.79 Å². The summed E-state index contributed by atoms with van der Waals surface area (Å²) >= 11 is 0. The lowest BCUT2D eigenvalue weighted by Gasteiger charge is -2.08. The van der Waals surface area contributed by atoms with Crippen molar-refractivity contribution in [1.82, 2.24) is 0 Å². The first kappa shape index (κ1) is 12.7. The van der Waals surface area contributed by atoms with Crippen molar-refractivity contribution in [2.45, 2.75) is 6.92 Å². The number of benzene rings is 2. The number of aryl methyl sites for hydroxylation is 1. The maximum absolute atomic E-state index is 13.0. The summed E-state index contributed by atoms with van der Waals surface area (Å²) in [4.78, 5) is 10.9. The quantitative estimate of drug-likeness (QED) is 0.680. The van der Waals surface area contributed by atoms with Crippen LogP contribution in [0.3, 0.4) is 0 Å². The number of halogens is 1. The molecule has 4 heteroatoms. The molecule has 2 aromatic rings. The minimum Gasteiger partial charge on any atom is -0.507 e. The normalized spacial score (nSPS) is 11.0. The standard InChI is InChI=1S/C14H12FO2P/c1-9-2-4-12(17)14(6-9)18-13-5-3-11(15)7-10(13)8-16/h2-8,17-18H,1H3. The Hall–Kier alpha value is -1.73. The number of phenols is 1. The van der Waals surface area contributed by atoms with Crippen LogP contribution in [0.25, 0.3) is 0 Å². The van der Waals surface area contributed by atoms with Gasteiger partial charge in [0.2, 0.25) is 0 Å². The first-order chi connectivity index (χ1) is 8.60. The molecule has 2 rings (SSSR count). The van der Waals surface area contributed by atoms with Gasteiger partial charge < -0.3 is 5.11 Å². The van der Waals surface area contributed by atoms with Gasteiger partial charge in [-0.1, -0.05) is 26.3 Å². The molecule has 0 aliphatic carbocycles. The van der Waals surface area contributed by atoms with Crippen molar-refractivity contribution in [3.8, 4) is 5.75 Å². The molecular formula is C14H12FO2P. The van der Waals surface area contributed by atoms with Gasteiger partial charge in [-0.25, -0.2) is 4.39 Å². The van der Waals surface area contributed by atoms with E-state index in [-0.39, 0.29) is 14.3 Å². The van der Waals surface area contributed by atoms with Crippen LogP contribution >= 0.6 is 8.58 Å². The summed E-state index contributed by atoms with van der Waals surface area (Å²) in [6, 6.07) is 9.42. The molecule has 0 aromatic heterocycles. The molecule has 0 spiro atoms. The molecule has 1 N–H and O–H groups in total. The summed E-state index contributed by atoms with van der Waals surface area (Å²) in [5, 5.41) is 11.2. The van der Waals surface area contributed by atoms with Crippen molar-refractivity contribution in [3.05, 3.63) is 53.3 Å². The third-order valence-corrected chi connectivity index (χ3v) is 3.96. The Labute approximate surface area is 106 Å². The van der Waals surface area contributed by atoms with E-state index < -0.39 is 5.82 Å². The van der Waals surface area contributed by atoms with Crippen LogP contribution in [0.5, 0.6) is 5.75 Å². The second-order valence-corrected chi connectivity index (χ2v) is 5.32. The van der Waals surface area contributed by atoms with E-state index in [4.69, 9.17) is 0 Å². The molecular weight excluding hydrogens is 250 g/mol. The van der Waals surface area contributed by atoms with Crippen LogP contribution in [-0.4, -0.2) is 11.4 Å². The van der Waals surface area contributed by atoms with Gasteiger partial charge in [0.15, 0.2) is 6.29 Å². The van der Waals surface area contributed by atoms with Crippen molar-refractivity contribution in [2.24, 2.45) is 0 Å². The zero-order chi connectivity index (χ0) is 13.1. The molecule has 0 fully saturated rings. The Kier molecular flexibility index (Phi) is 3.73. The Morgan fingerprint density at radius 3 is 2.67 bits per heavy atom. The van der Waals surface area contributed by atoms with Crippen LogP contribution in [0.15, 0.2) is 36.4 Å². The fourth-order valence-electron chi connectivity index (χ4n) is 1.64. The number of hydrogen-bond acceptors (Lipinski definition) is 2. The Bertz CT molecular complexity index is 596. The highest BCUT2D eigenvalue weighted by atomic mass is 31.1. The molecule has 0 aliphatic heterocycles. The highest BCUT2D eigenvalue weighted by Crippen LogP contribution is 2.20. The molecule has 1 atom stereocenters. The van der Waals surface area contributed by atoms with E-state index in [0.29, 0.717) is 11.8 Å². The molecule has 92 valence electrons. The monoisotopic (exact) mass is 262 g/mol. The predicted octanol–water partition coefficient (Wildman–Crippen LogP) is 2.28. The Balaban J connectivity index is 2.39. The van der Waals surface area contributed by atoms with E-state index in [2.05, 4.69) is 0 Å².